The Kier molecular flexibility index (Phi) is 3.36. The van der Waals surface area contributed by atoms with Gasteiger partial charge in [-0.05, 0) is 6.92 Å². The molecular formula is C11H17N5. The van der Waals surface area contributed by atoms with E-state index in [2.05, 4.69) is 27.3 Å². The van der Waals surface area contributed by atoms with E-state index in [-0.39, 0.29) is 0 Å². The number of aromatic nitrogens is 4. The number of hydrogen-bond donors (Lipinski definition) is 2. The average Bonchev–Trinajstić information content (AvgIpc) is 2.89. The molecule has 2 aromatic rings. The van der Waals surface area contributed by atoms with Crippen molar-refractivity contribution in [3.05, 3.63) is 36.2 Å². The Morgan fingerprint density at radius 1 is 1.50 bits per heavy atom. The molecule has 2 rings (SSSR count). The molecule has 5 nitrogen and oxygen atoms in total. The lowest BCUT2D eigenvalue weighted by Gasteiger charge is -2.10. The molecular weight excluding hydrogens is 202 g/mol. The van der Waals surface area contributed by atoms with E-state index in [9.17, 15) is 0 Å². The summed E-state index contributed by atoms with van der Waals surface area (Å²) >= 11 is 0. The Morgan fingerprint density at radius 3 is 3.00 bits per heavy atom. The fourth-order valence-electron chi connectivity index (χ4n) is 1.63. The van der Waals surface area contributed by atoms with Crippen molar-refractivity contribution in [2.45, 2.75) is 19.4 Å². The first kappa shape index (κ1) is 10.9. The van der Waals surface area contributed by atoms with E-state index in [0.29, 0.717) is 6.04 Å². The highest BCUT2D eigenvalue weighted by Crippen LogP contribution is 2.09. The highest BCUT2D eigenvalue weighted by Gasteiger charge is 2.06. The summed E-state index contributed by atoms with van der Waals surface area (Å²) in [5.41, 5.74) is 2.37. The molecule has 1 atom stereocenters. The van der Waals surface area contributed by atoms with Gasteiger partial charge in [-0.1, -0.05) is 0 Å². The Morgan fingerprint density at radius 2 is 2.38 bits per heavy atom. The second-order valence-corrected chi connectivity index (χ2v) is 3.95. The number of imidazole rings is 1. The van der Waals surface area contributed by atoms with Gasteiger partial charge in [0.15, 0.2) is 0 Å². The van der Waals surface area contributed by atoms with Gasteiger partial charge in [-0.3, -0.25) is 4.68 Å². The topological polar surface area (TPSA) is 58.5 Å². The normalized spacial score (nSPS) is 12.9. The van der Waals surface area contributed by atoms with Crippen LogP contribution < -0.4 is 5.32 Å². The number of rotatable bonds is 5. The van der Waals surface area contributed by atoms with Crippen LogP contribution in [0.3, 0.4) is 0 Å². The van der Waals surface area contributed by atoms with Gasteiger partial charge in [-0.15, -0.1) is 0 Å². The highest BCUT2D eigenvalue weighted by atomic mass is 15.2. The summed E-state index contributed by atoms with van der Waals surface area (Å²) in [7, 11) is 1.93. The molecule has 2 aromatic heterocycles. The molecule has 86 valence electrons. The van der Waals surface area contributed by atoms with Crippen molar-refractivity contribution in [3.63, 3.8) is 0 Å². The van der Waals surface area contributed by atoms with E-state index in [1.807, 2.05) is 30.3 Å². The van der Waals surface area contributed by atoms with Crippen LogP contribution in [-0.2, 0) is 13.5 Å². The van der Waals surface area contributed by atoms with Crippen LogP contribution in [0.2, 0.25) is 0 Å². The van der Waals surface area contributed by atoms with E-state index in [1.165, 1.54) is 5.56 Å². The van der Waals surface area contributed by atoms with Crippen LogP contribution in [-0.4, -0.2) is 26.3 Å². The first-order valence-corrected chi connectivity index (χ1v) is 5.45. The zero-order valence-electron chi connectivity index (χ0n) is 9.64. The molecule has 2 N–H and O–H groups in total. The highest BCUT2D eigenvalue weighted by molar-refractivity contribution is 5.09. The predicted molar refractivity (Wildman–Crippen MR) is 61.9 cm³/mol. The molecule has 0 aliphatic heterocycles. The van der Waals surface area contributed by atoms with E-state index in [1.54, 1.807) is 6.33 Å². The molecule has 0 saturated carbocycles. The second kappa shape index (κ2) is 4.94. The molecule has 1 unspecified atom stereocenters. The standard InChI is InChI=1S/C11H17N5/c1-9(10-5-15-16(2)7-10)13-4-3-11-6-12-8-14-11/h5-9,13H,3-4H2,1-2H3,(H,12,14). The van der Waals surface area contributed by atoms with Gasteiger partial charge >= 0.3 is 0 Å². The molecule has 0 amide bonds. The van der Waals surface area contributed by atoms with Crippen molar-refractivity contribution >= 4 is 0 Å². The van der Waals surface area contributed by atoms with Crippen molar-refractivity contribution in [1.82, 2.24) is 25.1 Å². The Bertz CT molecular complexity index is 417. The van der Waals surface area contributed by atoms with Gasteiger partial charge < -0.3 is 10.3 Å². The van der Waals surface area contributed by atoms with E-state index < -0.39 is 0 Å². The van der Waals surface area contributed by atoms with Crippen molar-refractivity contribution in [2.75, 3.05) is 6.54 Å². The molecule has 2 heterocycles. The number of H-pyrrole nitrogens is 1. The summed E-state index contributed by atoms with van der Waals surface area (Å²) in [5.74, 6) is 0. The monoisotopic (exact) mass is 219 g/mol. The van der Waals surface area contributed by atoms with E-state index in [0.717, 1.165) is 18.7 Å². The zero-order valence-corrected chi connectivity index (χ0v) is 9.64. The Balaban J connectivity index is 1.78. The van der Waals surface area contributed by atoms with Crippen LogP contribution in [0.5, 0.6) is 0 Å². The largest absolute Gasteiger partial charge is 0.348 e. The quantitative estimate of drug-likeness (QED) is 0.790. The first-order chi connectivity index (χ1) is 7.75. The van der Waals surface area contributed by atoms with Crippen molar-refractivity contribution in [1.29, 1.82) is 0 Å². The molecule has 0 aliphatic rings. The van der Waals surface area contributed by atoms with Gasteiger partial charge in [0.25, 0.3) is 0 Å². The van der Waals surface area contributed by atoms with Crippen molar-refractivity contribution in [2.24, 2.45) is 7.05 Å². The molecule has 5 heteroatoms. The van der Waals surface area contributed by atoms with Crippen LogP contribution in [0.1, 0.15) is 24.2 Å². The molecule has 0 aliphatic carbocycles. The minimum absolute atomic E-state index is 0.330. The van der Waals surface area contributed by atoms with Crippen LogP contribution in [0, 0.1) is 0 Å². The number of nitrogens with zero attached hydrogens (tertiary/aromatic N) is 3. The first-order valence-electron chi connectivity index (χ1n) is 5.45. The fraction of sp³-hybridized carbons (Fsp3) is 0.455. The molecule has 16 heavy (non-hydrogen) atoms. The molecule has 0 aromatic carbocycles. The summed E-state index contributed by atoms with van der Waals surface area (Å²) in [6, 6.07) is 0.330. The number of nitrogens with one attached hydrogen (secondary N) is 2. The SMILES string of the molecule is CC(NCCc1cnc[nH]1)c1cnn(C)c1. The second-order valence-electron chi connectivity index (χ2n) is 3.95. The van der Waals surface area contributed by atoms with Gasteiger partial charge in [0, 0.05) is 49.7 Å². The lowest BCUT2D eigenvalue weighted by molar-refractivity contribution is 0.574. The summed E-state index contributed by atoms with van der Waals surface area (Å²) < 4.78 is 1.82. The van der Waals surface area contributed by atoms with Crippen LogP contribution in [0.25, 0.3) is 0 Å². The minimum Gasteiger partial charge on any atom is -0.348 e. The maximum Gasteiger partial charge on any atom is 0.0921 e. The number of hydrogen-bond acceptors (Lipinski definition) is 3. The molecule has 0 radical (unpaired) electrons. The Hall–Kier alpha value is -1.62. The predicted octanol–water partition coefficient (Wildman–Crippen LogP) is 1.04. The maximum absolute atomic E-state index is 4.16. The van der Waals surface area contributed by atoms with E-state index in [4.69, 9.17) is 0 Å². The van der Waals surface area contributed by atoms with Gasteiger partial charge in [0.2, 0.25) is 0 Å². The molecule has 0 fully saturated rings. The molecule has 0 saturated heterocycles. The smallest absolute Gasteiger partial charge is 0.0921 e. The number of aryl methyl sites for hydroxylation is 1. The maximum atomic E-state index is 4.16. The van der Waals surface area contributed by atoms with Crippen LogP contribution >= 0.6 is 0 Å². The van der Waals surface area contributed by atoms with Gasteiger partial charge in [-0.25, -0.2) is 4.98 Å². The van der Waals surface area contributed by atoms with Gasteiger partial charge in [0.1, 0.15) is 0 Å². The summed E-state index contributed by atoms with van der Waals surface area (Å²) in [5, 5.41) is 7.61. The van der Waals surface area contributed by atoms with E-state index >= 15 is 0 Å². The zero-order chi connectivity index (χ0) is 11.4. The summed E-state index contributed by atoms with van der Waals surface area (Å²) in [4.78, 5) is 7.07. The van der Waals surface area contributed by atoms with Gasteiger partial charge in [0.05, 0.1) is 12.5 Å². The van der Waals surface area contributed by atoms with Crippen LogP contribution in [0.15, 0.2) is 24.9 Å². The van der Waals surface area contributed by atoms with Crippen molar-refractivity contribution < 1.29 is 0 Å². The summed E-state index contributed by atoms with van der Waals surface area (Å²) in [6.07, 6.45) is 8.46. The third-order valence-corrected chi connectivity index (χ3v) is 2.62. The van der Waals surface area contributed by atoms with Gasteiger partial charge in [-0.2, -0.15) is 5.10 Å². The lowest BCUT2D eigenvalue weighted by atomic mass is 10.2. The summed E-state index contributed by atoms with van der Waals surface area (Å²) in [6.45, 7) is 3.07. The number of aromatic amines is 1. The molecule has 0 bridgehead atoms. The lowest BCUT2D eigenvalue weighted by Crippen LogP contribution is -2.21. The fourth-order valence-corrected chi connectivity index (χ4v) is 1.63. The third kappa shape index (κ3) is 2.70. The minimum atomic E-state index is 0.330. The average molecular weight is 219 g/mol. The third-order valence-electron chi connectivity index (χ3n) is 2.62. The Labute approximate surface area is 94.9 Å². The molecule has 0 spiro atoms. The van der Waals surface area contributed by atoms with Crippen LogP contribution in [0.4, 0.5) is 0 Å². The van der Waals surface area contributed by atoms with Crippen molar-refractivity contribution in [3.8, 4) is 0 Å².